The number of benzene rings is 1. The van der Waals surface area contributed by atoms with E-state index in [1.54, 1.807) is 26.0 Å². The van der Waals surface area contributed by atoms with Crippen LogP contribution in [0.5, 0.6) is 5.75 Å². The van der Waals surface area contributed by atoms with Gasteiger partial charge in [0.25, 0.3) is 0 Å². The van der Waals surface area contributed by atoms with Gasteiger partial charge in [-0.1, -0.05) is 11.2 Å². The number of ether oxygens (including phenoxy) is 1. The number of nitrogens with zero attached hydrogens (tertiary/aromatic N) is 3. The zero-order chi connectivity index (χ0) is 16.8. The van der Waals surface area contributed by atoms with Crippen LogP contribution in [0.3, 0.4) is 0 Å². The first-order valence-corrected chi connectivity index (χ1v) is 6.91. The topological polar surface area (TPSA) is 120 Å². The van der Waals surface area contributed by atoms with Gasteiger partial charge >= 0.3 is 5.69 Å². The van der Waals surface area contributed by atoms with Crippen LogP contribution < -0.4 is 10.1 Å². The van der Waals surface area contributed by atoms with Gasteiger partial charge in [-0.15, -0.1) is 0 Å². The Bertz CT molecular complexity index is 686. The van der Waals surface area contributed by atoms with Crippen LogP contribution >= 0.6 is 0 Å². The Kier molecular flexibility index (Phi) is 5.23. The third-order valence-electron chi connectivity index (χ3n) is 3.04. The average molecular weight is 320 g/mol. The molecule has 1 N–H and O–H groups in total. The van der Waals surface area contributed by atoms with Crippen molar-refractivity contribution in [3.05, 3.63) is 46.1 Å². The van der Waals surface area contributed by atoms with Gasteiger partial charge in [-0.3, -0.25) is 14.9 Å². The monoisotopic (exact) mass is 320 g/mol. The number of carbonyl (C=O) groups is 1. The highest BCUT2D eigenvalue weighted by Gasteiger charge is 2.16. The molecular formula is C14H16N4O5. The van der Waals surface area contributed by atoms with Crippen molar-refractivity contribution in [2.24, 2.45) is 0 Å². The van der Waals surface area contributed by atoms with E-state index in [2.05, 4.69) is 20.0 Å². The average Bonchev–Trinajstić information content (AvgIpc) is 3.01. The highest BCUT2D eigenvalue weighted by atomic mass is 16.6. The molecule has 1 amide bonds. The minimum atomic E-state index is -0.521. The van der Waals surface area contributed by atoms with E-state index >= 15 is 0 Å². The van der Waals surface area contributed by atoms with Crippen molar-refractivity contribution in [2.45, 2.75) is 26.3 Å². The number of carbonyl (C=O) groups excluding carboxylic acids is 1. The van der Waals surface area contributed by atoms with Gasteiger partial charge in [0.2, 0.25) is 12.3 Å². The van der Waals surface area contributed by atoms with Crippen LogP contribution in [0.4, 0.5) is 5.69 Å². The fourth-order valence-electron chi connectivity index (χ4n) is 1.89. The van der Waals surface area contributed by atoms with E-state index in [0.717, 1.165) is 5.56 Å². The first kappa shape index (κ1) is 16.4. The summed E-state index contributed by atoms with van der Waals surface area (Å²) in [5.41, 5.74) is 0.706. The molecule has 0 fully saturated rings. The molecule has 1 aromatic heterocycles. The van der Waals surface area contributed by atoms with Gasteiger partial charge in [0.1, 0.15) is 0 Å². The van der Waals surface area contributed by atoms with Crippen molar-refractivity contribution in [1.29, 1.82) is 0 Å². The highest BCUT2D eigenvalue weighted by molar-refractivity contribution is 5.76. The Morgan fingerprint density at radius 3 is 2.96 bits per heavy atom. The summed E-state index contributed by atoms with van der Waals surface area (Å²) in [5, 5.41) is 17.2. The molecule has 2 aromatic rings. The van der Waals surface area contributed by atoms with Crippen LogP contribution in [-0.2, 0) is 4.79 Å². The van der Waals surface area contributed by atoms with Gasteiger partial charge in [-0.2, -0.15) is 4.98 Å². The number of aryl methyl sites for hydroxylation is 1. The summed E-state index contributed by atoms with van der Waals surface area (Å²) in [6.07, 6.45) is 1.23. The molecule has 9 nitrogen and oxygen atoms in total. The molecular weight excluding hydrogens is 304 g/mol. The zero-order valence-corrected chi connectivity index (χ0v) is 12.7. The fraction of sp³-hybridized carbons (Fsp3) is 0.357. The van der Waals surface area contributed by atoms with Crippen LogP contribution in [-0.4, -0.2) is 27.6 Å². The van der Waals surface area contributed by atoms with Gasteiger partial charge in [-0.25, -0.2) is 0 Å². The van der Waals surface area contributed by atoms with Crippen LogP contribution in [0, 0.1) is 17.0 Å². The maximum Gasteiger partial charge on any atom is 0.310 e. The lowest BCUT2D eigenvalue weighted by atomic mass is 10.2. The first-order valence-electron chi connectivity index (χ1n) is 6.91. The number of hydrogen-bond acceptors (Lipinski definition) is 7. The summed E-state index contributed by atoms with van der Waals surface area (Å²) in [7, 11) is 0. The number of aromatic nitrogens is 2. The molecule has 0 aliphatic heterocycles. The van der Waals surface area contributed by atoms with Crippen molar-refractivity contribution in [2.75, 3.05) is 6.61 Å². The van der Waals surface area contributed by atoms with E-state index in [-0.39, 0.29) is 30.4 Å². The van der Waals surface area contributed by atoms with E-state index in [1.165, 1.54) is 12.5 Å². The predicted molar refractivity (Wildman–Crippen MR) is 78.8 cm³/mol. The number of rotatable bonds is 7. The van der Waals surface area contributed by atoms with Crippen molar-refractivity contribution < 1.29 is 19.0 Å². The molecule has 23 heavy (non-hydrogen) atoms. The van der Waals surface area contributed by atoms with Crippen LogP contribution in [0.25, 0.3) is 0 Å². The molecule has 0 bridgehead atoms. The molecule has 1 aromatic carbocycles. The molecule has 2 rings (SSSR count). The van der Waals surface area contributed by atoms with Crippen molar-refractivity contribution in [3.63, 3.8) is 0 Å². The lowest BCUT2D eigenvalue weighted by Crippen LogP contribution is -2.28. The Labute approximate surface area is 131 Å². The van der Waals surface area contributed by atoms with E-state index in [9.17, 15) is 14.9 Å². The summed E-state index contributed by atoms with van der Waals surface area (Å²) in [6, 6.07) is 4.18. The van der Waals surface area contributed by atoms with E-state index in [1.807, 2.05) is 0 Å². The summed E-state index contributed by atoms with van der Waals surface area (Å²) in [5.74, 6) is 0.236. The number of nitro benzene ring substituents is 1. The smallest absolute Gasteiger partial charge is 0.310 e. The third kappa shape index (κ3) is 4.50. The number of hydrogen-bond donors (Lipinski definition) is 1. The standard InChI is InChI=1S/C14H16N4O5/c1-9-3-4-11(18(20)21)12(7-9)22-6-5-13(19)16-10(2)14-15-8-23-17-14/h3-4,7-8,10H,5-6H2,1-2H3,(H,16,19)/t10-/m1/s1. The normalized spacial score (nSPS) is 11.7. The number of nitrogens with one attached hydrogen (secondary N) is 1. The molecule has 0 aliphatic carbocycles. The molecule has 0 unspecified atom stereocenters. The summed E-state index contributed by atoms with van der Waals surface area (Å²) in [4.78, 5) is 26.1. The van der Waals surface area contributed by atoms with E-state index < -0.39 is 11.0 Å². The highest BCUT2D eigenvalue weighted by Crippen LogP contribution is 2.27. The molecule has 0 saturated heterocycles. The zero-order valence-electron chi connectivity index (χ0n) is 12.7. The van der Waals surface area contributed by atoms with Crippen molar-refractivity contribution in [3.8, 4) is 5.75 Å². The van der Waals surface area contributed by atoms with Crippen LogP contribution in [0.1, 0.15) is 30.8 Å². The first-order chi connectivity index (χ1) is 11.0. The third-order valence-corrected chi connectivity index (χ3v) is 3.04. The Morgan fingerprint density at radius 2 is 2.30 bits per heavy atom. The van der Waals surface area contributed by atoms with Gasteiger partial charge in [0, 0.05) is 6.07 Å². The molecule has 0 saturated carbocycles. The summed E-state index contributed by atoms with van der Waals surface area (Å²) < 4.78 is 9.97. The van der Waals surface area contributed by atoms with Gasteiger partial charge in [0.15, 0.2) is 11.6 Å². The maximum absolute atomic E-state index is 11.8. The minimum absolute atomic E-state index is 0.0229. The van der Waals surface area contributed by atoms with Crippen molar-refractivity contribution >= 4 is 11.6 Å². The second kappa shape index (κ2) is 7.34. The SMILES string of the molecule is Cc1ccc([N+](=O)[O-])c(OCCC(=O)N[C@H](C)c2ncon2)c1. The largest absolute Gasteiger partial charge is 0.486 e. The van der Waals surface area contributed by atoms with E-state index in [4.69, 9.17) is 4.74 Å². The van der Waals surface area contributed by atoms with Gasteiger partial charge < -0.3 is 14.6 Å². The molecule has 9 heteroatoms. The molecule has 122 valence electrons. The second-order valence-corrected chi connectivity index (χ2v) is 4.91. The van der Waals surface area contributed by atoms with Gasteiger partial charge in [-0.05, 0) is 25.5 Å². The maximum atomic E-state index is 11.8. The molecule has 0 radical (unpaired) electrons. The molecule has 1 heterocycles. The quantitative estimate of drug-likeness (QED) is 0.611. The molecule has 0 spiro atoms. The predicted octanol–water partition coefficient (Wildman–Crippen LogP) is 1.93. The fourth-order valence-corrected chi connectivity index (χ4v) is 1.89. The summed E-state index contributed by atoms with van der Waals surface area (Å²) >= 11 is 0. The molecule has 0 aliphatic rings. The van der Waals surface area contributed by atoms with Gasteiger partial charge in [0.05, 0.1) is 24.0 Å². The second-order valence-electron chi connectivity index (χ2n) is 4.91. The minimum Gasteiger partial charge on any atom is -0.486 e. The Morgan fingerprint density at radius 1 is 1.52 bits per heavy atom. The number of nitro groups is 1. The lowest BCUT2D eigenvalue weighted by Gasteiger charge is -2.11. The Balaban J connectivity index is 1.86. The van der Waals surface area contributed by atoms with Crippen LogP contribution in [0.15, 0.2) is 29.1 Å². The van der Waals surface area contributed by atoms with Crippen LogP contribution in [0.2, 0.25) is 0 Å². The number of amides is 1. The van der Waals surface area contributed by atoms with Crippen molar-refractivity contribution in [1.82, 2.24) is 15.5 Å². The summed E-state index contributed by atoms with van der Waals surface area (Å²) in [6.45, 7) is 3.54. The van der Waals surface area contributed by atoms with E-state index in [0.29, 0.717) is 5.82 Å². The Hall–Kier alpha value is -2.97. The lowest BCUT2D eigenvalue weighted by molar-refractivity contribution is -0.385. The molecule has 1 atom stereocenters.